The predicted octanol–water partition coefficient (Wildman–Crippen LogP) is 24.4. The van der Waals surface area contributed by atoms with Gasteiger partial charge < -0.3 is 10.0 Å². The predicted molar refractivity (Wildman–Crippen MR) is 415 cm³/mol. The van der Waals surface area contributed by atoms with Crippen LogP contribution in [0.4, 0.5) is 0 Å². The van der Waals surface area contributed by atoms with Gasteiger partial charge >= 0.3 is 7.12 Å². The topological polar surface area (TPSA) is 40.5 Å². The van der Waals surface area contributed by atoms with Gasteiger partial charge in [-0.05, 0) is 222 Å². The normalized spacial score (nSPS) is 11.3. The molecule has 0 atom stereocenters. The van der Waals surface area contributed by atoms with Gasteiger partial charge in [-0.25, -0.2) is 0 Å². The molecule has 452 valence electrons. The zero-order valence-corrected chi connectivity index (χ0v) is 54.1. The molecule has 0 spiro atoms. The molecule has 0 radical (unpaired) electrons. The fraction of sp³-hybridized carbons (Fsp3) is 0. The van der Waals surface area contributed by atoms with Crippen LogP contribution in [0.3, 0.4) is 0 Å². The molecule has 0 amide bonds. The van der Waals surface area contributed by atoms with E-state index in [0.717, 1.165) is 15.6 Å². The number of hydrogen-bond acceptors (Lipinski definition) is 2. The third kappa shape index (κ3) is 11.5. The van der Waals surface area contributed by atoms with Crippen LogP contribution in [-0.2, 0) is 0 Å². The second-order valence-corrected chi connectivity index (χ2v) is 25.3. The summed E-state index contributed by atoms with van der Waals surface area (Å²) in [4.78, 5) is 0. The van der Waals surface area contributed by atoms with Gasteiger partial charge in [-0.3, -0.25) is 0 Å². The number of benzene rings is 18. The number of rotatable bonds is 8. The van der Waals surface area contributed by atoms with Crippen molar-refractivity contribution in [3.63, 3.8) is 0 Å². The van der Waals surface area contributed by atoms with Gasteiger partial charge in [0.15, 0.2) is 0 Å². The summed E-state index contributed by atoms with van der Waals surface area (Å²) >= 11 is 3.88. The number of halogens is 1. The lowest BCUT2D eigenvalue weighted by Gasteiger charge is -2.20. The van der Waals surface area contributed by atoms with E-state index in [0.29, 0.717) is 5.46 Å². The van der Waals surface area contributed by atoms with Crippen molar-refractivity contribution in [2.45, 2.75) is 0 Å². The molecule has 4 heteroatoms. The molecule has 0 fully saturated rings. The van der Waals surface area contributed by atoms with Gasteiger partial charge in [-0.1, -0.05) is 328 Å². The van der Waals surface area contributed by atoms with E-state index in [-0.39, 0.29) is 0 Å². The SMILES string of the molecule is Brc1c2ccccc2c(-c2ccc3ccc(-c4ccc5ccccc5c4)cc3c2)c2ccccc12.OB(O)c1ccccc1-c1ccccc1.c1ccc(-c2ccccc2-c2c3ccccc3c(-c3ccc4ccc(-c5ccc6ccccc6c5)cc4c3)c3ccccc23)cc1. The van der Waals surface area contributed by atoms with Gasteiger partial charge in [0.2, 0.25) is 0 Å². The van der Waals surface area contributed by atoms with Crippen molar-refractivity contribution in [1.29, 1.82) is 0 Å². The van der Waals surface area contributed by atoms with Crippen LogP contribution in [0.2, 0.25) is 0 Å². The molecule has 0 heterocycles. The van der Waals surface area contributed by atoms with Crippen molar-refractivity contribution >= 4 is 115 Å². The maximum absolute atomic E-state index is 9.22. The van der Waals surface area contributed by atoms with E-state index >= 15 is 0 Å². The second kappa shape index (κ2) is 26.1. The average Bonchev–Trinajstić information content (AvgIpc) is 0.736. The highest BCUT2D eigenvalue weighted by Crippen LogP contribution is 2.47. The fourth-order valence-corrected chi connectivity index (χ4v) is 14.9. The van der Waals surface area contributed by atoms with Crippen LogP contribution < -0.4 is 5.46 Å². The van der Waals surface area contributed by atoms with E-state index in [1.165, 1.54) is 153 Å². The molecule has 0 saturated carbocycles. The first-order valence-corrected chi connectivity index (χ1v) is 33.4. The Labute approximate surface area is 567 Å². The van der Waals surface area contributed by atoms with Gasteiger partial charge in [-0.2, -0.15) is 0 Å². The maximum atomic E-state index is 9.22. The van der Waals surface area contributed by atoms with Crippen LogP contribution in [0.5, 0.6) is 0 Å². The molecule has 18 aromatic rings. The molecule has 2 N–H and O–H groups in total. The summed E-state index contributed by atoms with van der Waals surface area (Å²) < 4.78 is 1.16. The van der Waals surface area contributed by atoms with Crippen LogP contribution in [0.15, 0.2) is 368 Å². The van der Waals surface area contributed by atoms with Crippen molar-refractivity contribution in [2.24, 2.45) is 0 Å². The lowest BCUT2D eigenvalue weighted by molar-refractivity contribution is 0.426. The Balaban J connectivity index is 0.000000127. The molecular weight excluding hydrogens is 1230 g/mol. The van der Waals surface area contributed by atoms with Crippen molar-refractivity contribution in [3.8, 4) is 77.9 Å². The first-order chi connectivity index (χ1) is 47.4. The third-order valence-electron chi connectivity index (χ3n) is 18.8. The lowest BCUT2D eigenvalue weighted by Crippen LogP contribution is -2.31. The summed E-state index contributed by atoms with van der Waals surface area (Å²) in [5.74, 6) is 0. The summed E-state index contributed by atoms with van der Waals surface area (Å²) in [5.41, 5.74) is 17.4. The highest BCUT2D eigenvalue weighted by Gasteiger charge is 2.21. The molecule has 2 nitrogen and oxygen atoms in total. The Kier molecular flexibility index (Phi) is 16.2. The van der Waals surface area contributed by atoms with E-state index in [1.807, 2.05) is 42.5 Å². The first kappa shape index (κ1) is 59.5. The number of fused-ring (bicyclic) bond motifs is 8. The Morgan fingerprint density at radius 1 is 0.188 bits per heavy atom. The molecule has 0 aliphatic rings. The van der Waals surface area contributed by atoms with Gasteiger partial charge in [0.1, 0.15) is 0 Å². The van der Waals surface area contributed by atoms with Crippen LogP contribution >= 0.6 is 15.9 Å². The molecule has 0 unspecified atom stereocenters. The Morgan fingerprint density at radius 3 is 0.875 bits per heavy atom. The molecule has 0 saturated heterocycles. The highest BCUT2D eigenvalue weighted by atomic mass is 79.9. The molecule has 0 bridgehead atoms. The number of hydrogen-bond donors (Lipinski definition) is 2. The summed E-state index contributed by atoms with van der Waals surface area (Å²) in [6, 6.07) is 130. The van der Waals surface area contributed by atoms with Crippen molar-refractivity contribution in [2.75, 3.05) is 0 Å². The van der Waals surface area contributed by atoms with Crippen molar-refractivity contribution in [3.05, 3.63) is 368 Å². The van der Waals surface area contributed by atoms with Gasteiger partial charge in [0, 0.05) is 4.47 Å². The minimum Gasteiger partial charge on any atom is -0.423 e. The van der Waals surface area contributed by atoms with Crippen molar-refractivity contribution in [1.82, 2.24) is 0 Å². The maximum Gasteiger partial charge on any atom is 0.489 e. The molecule has 18 aromatic carbocycles. The smallest absolute Gasteiger partial charge is 0.423 e. The first-order valence-electron chi connectivity index (χ1n) is 32.6. The van der Waals surface area contributed by atoms with Crippen LogP contribution in [-0.4, -0.2) is 17.2 Å². The van der Waals surface area contributed by atoms with E-state index in [1.54, 1.807) is 12.1 Å². The molecule has 96 heavy (non-hydrogen) atoms. The zero-order valence-electron chi connectivity index (χ0n) is 52.5. The van der Waals surface area contributed by atoms with Gasteiger partial charge in [0.25, 0.3) is 0 Å². The monoisotopic (exact) mass is 1290 g/mol. The quantitative estimate of drug-likeness (QED) is 0.118. The van der Waals surface area contributed by atoms with Crippen LogP contribution in [0.1, 0.15) is 0 Å². The van der Waals surface area contributed by atoms with E-state index < -0.39 is 7.12 Å². The second-order valence-electron chi connectivity index (χ2n) is 24.5. The average molecular weight is 1290 g/mol. The summed E-state index contributed by atoms with van der Waals surface area (Å²) in [7, 11) is -1.43. The minimum atomic E-state index is -1.43. The molecule has 0 aliphatic heterocycles. The summed E-state index contributed by atoms with van der Waals surface area (Å²) in [5, 5.41) is 38.6. The molecular formula is C92H62BBrO2. The third-order valence-corrected chi connectivity index (χ3v) is 19.7. The summed E-state index contributed by atoms with van der Waals surface area (Å²) in [6.45, 7) is 0. The fourth-order valence-electron chi connectivity index (χ4n) is 14.2. The van der Waals surface area contributed by atoms with Gasteiger partial charge in [-0.15, -0.1) is 0 Å². The van der Waals surface area contributed by atoms with Gasteiger partial charge in [0.05, 0.1) is 0 Å². The molecule has 0 aliphatic carbocycles. The zero-order chi connectivity index (χ0) is 64.5. The largest absolute Gasteiger partial charge is 0.489 e. The summed E-state index contributed by atoms with van der Waals surface area (Å²) in [6.07, 6.45) is 0. The van der Waals surface area contributed by atoms with E-state index in [9.17, 15) is 10.0 Å². The highest BCUT2D eigenvalue weighted by molar-refractivity contribution is 9.10. The lowest BCUT2D eigenvalue weighted by atomic mass is 9.75. The minimum absolute atomic E-state index is 0.531. The van der Waals surface area contributed by atoms with E-state index in [2.05, 4.69) is 325 Å². The molecule has 18 rings (SSSR count). The van der Waals surface area contributed by atoms with E-state index in [4.69, 9.17) is 0 Å². The van der Waals surface area contributed by atoms with Crippen LogP contribution in [0.25, 0.3) is 164 Å². The Morgan fingerprint density at radius 2 is 0.458 bits per heavy atom. The standard InChI is InChI=1S/C46H30.C34H21Br.C12H11BO2/c1-2-13-33(14-3-1)39-16-6-7-17-40(39)46-43-20-10-8-18-41(43)45(42-19-9-11-21-44(42)46)37-27-24-32-23-26-36(29-38(32)30-37)35-25-22-31-12-4-5-15-34(31)28-35;35-34-31-11-5-3-9-29(31)33(30-10-4-6-12-32(30)34)27-18-15-23-14-17-26(20-28(23)21-27)25-16-13-22-7-1-2-8-24(22)19-25;14-13(15)12-9-5-4-8-11(12)10-6-2-1-3-7-10/h1-30H;1-21H;1-9,14-15H. The molecule has 0 aromatic heterocycles. The van der Waals surface area contributed by atoms with Crippen LogP contribution in [0, 0.1) is 0 Å². The Hall–Kier alpha value is -11.5. The Bertz CT molecular complexity index is 5850. The van der Waals surface area contributed by atoms with Crippen molar-refractivity contribution < 1.29 is 10.0 Å².